The predicted octanol–water partition coefficient (Wildman–Crippen LogP) is 2.05. The average molecular weight is 271 g/mol. The third-order valence-corrected chi connectivity index (χ3v) is 3.65. The maximum atomic E-state index is 12.1. The maximum Gasteiger partial charge on any atom is 0.236 e. The van der Waals surface area contributed by atoms with Crippen LogP contribution in [0, 0.1) is 11.3 Å². The fourth-order valence-electron chi connectivity index (χ4n) is 2.44. The number of likely N-dealkylation sites (tertiary alicyclic amines) is 1. The van der Waals surface area contributed by atoms with Gasteiger partial charge >= 0.3 is 0 Å². The van der Waals surface area contributed by atoms with Gasteiger partial charge in [-0.25, -0.2) is 0 Å². The van der Waals surface area contributed by atoms with Crippen molar-refractivity contribution in [2.45, 2.75) is 32.2 Å². The zero-order valence-electron chi connectivity index (χ0n) is 11.8. The molecule has 0 atom stereocenters. The van der Waals surface area contributed by atoms with Gasteiger partial charge in [0.15, 0.2) is 0 Å². The van der Waals surface area contributed by atoms with Gasteiger partial charge in [-0.3, -0.25) is 4.79 Å². The fourth-order valence-corrected chi connectivity index (χ4v) is 2.44. The van der Waals surface area contributed by atoms with Crippen molar-refractivity contribution in [2.24, 2.45) is 0 Å². The van der Waals surface area contributed by atoms with E-state index in [2.05, 4.69) is 11.4 Å². The molecule has 1 aliphatic heterocycles. The van der Waals surface area contributed by atoms with Gasteiger partial charge in [-0.05, 0) is 30.5 Å². The highest BCUT2D eigenvalue weighted by molar-refractivity contribution is 5.78. The zero-order valence-corrected chi connectivity index (χ0v) is 11.8. The summed E-state index contributed by atoms with van der Waals surface area (Å²) in [5, 5.41) is 11.9. The molecule has 1 aliphatic rings. The third-order valence-electron chi connectivity index (χ3n) is 3.65. The van der Waals surface area contributed by atoms with Crippen molar-refractivity contribution in [3.63, 3.8) is 0 Å². The van der Waals surface area contributed by atoms with Crippen LogP contribution >= 0.6 is 0 Å². The minimum Gasteiger partial charge on any atom is -0.342 e. The van der Waals surface area contributed by atoms with Gasteiger partial charge in [0.25, 0.3) is 0 Å². The summed E-state index contributed by atoms with van der Waals surface area (Å²) in [7, 11) is 0. The number of nitriles is 1. The molecule has 1 N–H and O–H groups in total. The first-order valence-corrected chi connectivity index (χ1v) is 7.27. The number of benzene rings is 1. The van der Waals surface area contributed by atoms with E-state index in [9.17, 15) is 4.79 Å². The van der Waals surface area contributed by atoms with Crippen LogP contribution in [0.3, 0.4) is 0 Å². The predicted molar refractivity (Wildman–Crippen MR) is 77.9 cm³/mol. The van der Waals surface area contributed by atoms with Crippen LogP contribution in [0.15, 0.2) is 24.3 Å². The van der Waals surface area contributed by atoms with Crippen molar-refractivity contribution in [1.82, 2.24) is 10.2 Å². The molecule has 4 nitrogen and oxygen atoms in total. The molecule has 1 heterocycles. The number of amides is 1. The Kier molecular flexibility index (Phi) is 5.57. The van der Waals surface area contributed by atoms with E-state index in [1.54, 1.807) is 12.1 Å². The molecule has 1 amide bonds. The van der Waals surface area contributed by atoms with Crippen LogP contribution in [0.4, 0.5) is 0 Å². The van der Waals surface area contributed by atoms with Gasteiger partial charge in [-0.1, -0.05) is 25.0 Å². The second-order valence-electron chi connectivity index (χ2n) is 5.21. The van der Waals surface area contributed by atoms with E-state index in [1.165, 1.54) is 12.8 Å². The summed E-state index contributed by atoms with van der Waals surface area (Å²) in [4.78, 5) is 14.0. The van der Waals surface area contributed by atoms with Gasteiger partial charge in [0.05, 0.1) is 18.2 Å². The maximum absolute atomic E-state index is 12.1. The molecule has 20 heavy (non-hydrogen) atoms. The Morgan fingerprint density at radius 3 is 2.40 bits per heavy atom. The van der Waals surface area contributed by atoms with Gasteiger partial charge in [-0.15, -0.1) is 0 Å². The van der Waals surface area contributed by atoms with Crippen molar-refractivity contribution >= 4 is 5.91 Å². The number of nitrogens with one attached hydrogen (secondary N) is 1. The van der Waals surface area contributed by atoms with Crippen LogP contribution in [0.1, 0.15) is 36.8 Å². The molecule has 0 aliphatic carbocycles. The Labute approximate surface area is 120 Å². The monoisotopic (exact) mass is 271 g/mol. The first kappa shape index (κ1) is 14.5. The molecular weight excluding hydrogens is 250 g/mol. The summed E-state index contributed by atoms with van der Waals surface area (Å²) in [5.74, 6) is 0.195. The molecule has 1 fully saturated rings. The Bertz CT molecular complexity index is 467. The molecule has 0 aromatic heterocycles. The van der Waals surface area contributed by atoms with Crippen LogP contribution in [-0.2, 0) is 11.3 Å². The number of hydrogen-bond acceptors (Lipinski definition) is 3. The molecule has 0 bridgehead atoms. The lowest BCUT2D eigenvalue weighted by molar-refractivity contribution is -0.130. The largest absolute Gasteiger partial charge is 0.342 e. The van der Waals surface area contributed by atoms with Crippen molar-refractivity contribution in [3.05, 3.63) is 35.4 Å². The first-order chi connectivity index (χ1) is 9.79. The summed E-state index contributed by atoms with van der Waals surface area (Å²) < 4.78 is 0. The number of rotatable bonds is 4. The topological polar surface area (TPSA) is 56.1 Å². The Morgan fingerprint density at radius 1 is 1.15 bits per heavy atom. The van der Waals surface area contributed by atoms with Gasteiger partial charge < -0.3 is 10.2 Å². The standard InChI is InChI=1S/C16H21N3O/c17-11-14-5-7-15(8-6-14)12-18-13-16(20)19-9-3-1-2-4-10-19/h5-8,18H,1-4,9-10,12-13H2. The highest BCUT2D eigenvalue weighted by Crippen LogP contribution is 2.09. The second kappa shape index (κ2) is 7.66. The molecule has 1 saturated heterocycles. The molecule has 2 rings (SSSR count). The third kappa shape index (κ3) is 4.36. The summed E-state index contributed by atoms with van der Waals surface area (Å²) in [5.41, 5.74) is 1.75. The van der Waals surface area contributed by atoms with E-state index in [4.69, 9.17) is 5.26 Å². The number of carbonyl (C=O) groups is 1. The molecule has 0 unspecified atom stereocenters. The average Bonchev–Trinajstić information content (AvgIpc) is 2.77. The van der Waals surface area contributed by atoms with Crippen molar-refractivity contribution in [3.8, 4) is 6.07 Å². The summed E-state index contributed by atoms with van der Waals surface area (Å²) in [6, 6.07) is 9.53. The number of nitrogens with zero attached hydrogens (tertiary/aromatic N) is 2. The van der Waals surface area contributed by atoms with Gasteiger partial charge in [-0.2, -0.15) is 5.26 Å². The fraction of sp³-hybridized carbons (Fsp3) is 0.500. The molecule has 0 saturated carbocycles. The highest BCUT2D eigenvalue weighted by Gasteiger charge is 2.14. The summed E-state index contributed by atoms with van der Waals surface area (Å²) in [6.07, 6.45) is 4.73. The van der Waals surface area contributed by atoms with Crippen LogP contribution in [-0.4, -0.2) is 30.4 Å². The molecule has 4 heteroatoms. The smallest absolute Gasteiger partial charge is 0.236 e. The van der Waals surface area contributed by atoms with Crippen LogP contribution in [0.2, 0.25) is 0 Å². The Hall–Kier alpha value is -1.86. The SMILES string of the molecule is N#Cc1ccc(CNCC(=O)N2CCCCCC2)cc1. The van der Waals surface area contributed by atoms with Crippen LogP contribution in [0.5, 0.6) is 0 Å². The first-order valence-electron chi connectivity index (χ1n) is 7.27. The zero-order chi connectivity index (χ0) is 14.2. The van der Waals surface area contributed by atoms with Gasteiger partial charge in [0.2, 0.25) is 5.91 Å². The quantitative estimate of drug-likeness (QED) is 0.912. The lowest BCUT2D eigenvalue weighted by atomic mass is 10.1. The molecule has 0 radical (unpaired) electrons. The molecule has 0 spiro atoms. The minimum absolute atomic E-state index is 0.195. The summed E-state index contributed by atoms with van der Waals surface area (Å²) >= 11 is 0. The normalized spacial score (nSPS) is 15.4. The lowest BCUT2D eigenvalue weighted by Crippen LogP contribution is -2.38. The van der Waals surface area contributed by atoms with Crippen molar-refractivity contribution in [1.29, 1.82) is 5.26 Å². The molecular formula is C16H21N3O. The van der Waals surface area contributed by atoms with E-state index in [-0.39, 0.29) is 5.91 Å². The van der Waals surface area contributed by atoms with E-state index in [1.807, 2.05) is 17.0 Å². The number of hydrogen-bond donors (Lipinski definition) is 1. The van der Waals surface area contributed by atoms with E-state index >= 15 is 0 Å². The number of carbonyl (C=O) groups excluding carboxylic acids is 1. The molecule has 1 aromatic carbocycles. The van der Waals surface area contributed by atoms with E-state index in [0.29, 0.717) is 18.7 Å². The second-order valence-corrected chi connectivity index (χ2v) is 5.21. The van der Waals surface area contributed by atoms with E-state index < -0.39 is 0 Å². The van der Waals surface area contributed by atoms with Crippen molar-refractivity contribution < 1.29 is 4.79 Å². The van der Waals surface area contributed by atoms with Crippen molar-refractivity contribution in [2.75, 3.05) is 19.6 Å². The molecule has 1 aromatic rings. The molecule has 106 valence electrons. The lowest BCUT2D eigenvalue weighted by Gasteiger charge is -2.20. The van der Waals surface area contributed by atoms with Gasteiger partial charge in [0, 0.05) is 19.6 Å². The van der Waals surface area contributed by atoms with Gasteiger partial charge in [0.1, 0.15) is 0 Å². The van der Waals surface area contributed by atoms with E-state index in [0.717, 1.165) is 31.5 Å². The summed E-state index contributed by atoms with van der Waals surface area (Å²) in [6.45, 7) is 2.85. The Morgan fingerprint density at radius 2 is 1.80 bits per heavy atom. The van der Waals surface area contributed by atoms with Crippen LogP contribution < -0.4 is 5.32 Å². The Balaban J connectivity index is 1.74. The van der Waals surface area contributed by atoms with Crippen LogP contribution in [0.25, 0.3) is 0 Å². The highest BCUT2D eigenvalue weighted by atomic mass is 16.2. The minimum atomic E-state index is 0.195.